The summed E-state index contributed by atoms with van der Waals surface area (Å²) in [6.45, 7) is 13.6. The lowest BCUT2D eigenvalue weighted by Gasteiger charge is -2.38. The van der Waals surface area contributed by atoms with Crippen LogP contribution in [0.15, 0.2) is 18.2 Å². The minimum atomic E-state index is -1.85. The molecule has 0 aromatic heterocycles. The van der Waals surface area contributed by atoms with E-state index < -0.39 is 14.0 Å². The summed E-state index contributed by atoms with van der Waals surface area (Å²) >= 11 is 6.18. The van der Waals surface area contributed by atoms with Crippen molar-refractivity contribution >= 4 is 25.6 Å². The minimum Gasteiger partial charge on any atom is -0.465 e. The van der Waals surface area contributed by atoms with E-state index in [1.807, 2.05) is 12.1 Å². The first-order valence-electron chi connectivity index (χ1n) is 8.08. The molecule has 1 rings (SSSR count). The molecule has 0 aliphatic heterocycles. The monoisotopic (exact) mass is 350 g/mol. The Hall–Kier alpha value is -1.24. The lowest BCUT2D eigenvalue weighted by Crippen LogP contribution is -2.43. The molecule has 0 N–H and O–H groups in total. The first kappa shape index (κ1) is 19.8. The van der Waals surface area contributed by atoms with Gasteiger partial charge in [-0.25, -0.2) is 4.79 Å². The number of esters is 1. The van der Waals surface area contributed by atoms with Crippen LogP contribution in [0.4, 0.5) is 0 Å². The predicted molar refractivity (Wildman–Crippen MR) is 101 cm³/mol. The molecule has 0 saturated heterocycles. The van der Waals surface area contributed by atoms with E-state index in [4.69, 9.17) is 16.3 Å². The van der Waals surface area contributed by atoms with Gasteiger partial charge in [-0.2, -0.15) is 0 Å². The van der Waals surface area contributed by atoms with Crippen LogP contribution in [-0.2, 0) is 4.74 Å². The summed E-state index contributed by atoms with van der Waals surface area (Å²) in [6.07, 6.45) is 0. The van der Waals surface area contributed by atoms with E-state index in [2.05, 4.69) is 53.0 Å². The maximum Gasteiger partial charge on any atom is 0.340 e. The molecule has 0 atom stereocenters. The molecule has 0 spiro atoms. The highest BCUT2D eigenvalue weighted by molar-refractivity contribution is 6.90. The molecular formula is C19H27ClO2Si. The lowest BCUT2D eigenvalue weighted by molar-refractivity contribution is 0.0600. The molecule has 0 aliphatic carbocycles. The van der Waals surface area contributed by atoms with E-state index in [1.165, 1.54) is 7.11 Å². The zero-order valence-electron chi connectivity index (χ0n) is 15.2. The van der Waals surface area contributed by atoms with Crippen molar-refractivity contribution < 1.29 is 9.53 Å². The Labute approximate surface area is 146 Å². The SMILES string of the molecule is COC(=O)c1c(Cl)cccc1C#C[Si](C(C)C)(C(C)C)C(C)C. The molecule has 0 heterocycles. The Morgan fingerprint density at radius 1 is 1.09 bits per heavy atom. The fourth-order valence-electron chi connectivity index (χ4n) is 3.55. The van der Waals surface area contributed by atoms with Crippen LogP contribution in [0.1, 0.15) is 57.5 Å². The second kappa shape index (κ2) is 8.03. The van der Waals surface area contributed by atoms with E-state index in [9.17, 15) is 4.79 Å². The van der Waals surface area contributed by atoms with Gasteiger partial charge in [-0.3, -0.25) is 0 Å². The summed E-state index contributed by atoms with van der Waals surface area (Å²) < 4.78 is 4.85. The molecule has 126 valence electrons. The highest BCUT2D eigenvalue weighted by Gasteiger charge is 2.41. The van der Waals surface area contributed by atoms with Crippen LogP contribution < -0.4 is 0 Å². The Morgan fingerprint density at radius 3 is 2.04 bits per heavy atom. The number of hydrogen-bond acceptors (Lipinski definition) is 2. The number of benzene rings is 1. The second-order valence-corrected chi connectivity index (χ2v) is 12.8. The summed E-state index contributed by atoms with van der Waals surface area (Å²) in [7, 11) is -0.493. The fourth-order valence-corrected chi connectivity index (χ4v) is 9.02. The molecule has 0 amide bonds. The fraction of sp³-hybridized carbons (Fsp3) is 0.526. The number of methoxy groups -OCH3 is 1. The average molecular weight is 351 g/mol. The topological polar surface area (TPSA) is 26.3 Å². The van der Waals surface area contributed by atoms with Crippen LogP contribution in [0.25, 0.3) is 0 Å². The van der Waals surface area contributed by atoms with Crippen LogP contribution in [-0.4, -0.2) is 21.2 Å². The molecule has 1 aromatic carbocycles. The Balaban J connectivity index is 3.51. The summed E-state index contributed by atoms with van der Waals surface area (Å²) in [4.78, 5) is 12.0. The molecule has 23 heavy (non-hydrogen) atoms. The van der Waals surface area contributed by atoms with Gasteiger partial charge in [0, 0.05) is 5.56 Å². The van der Waals surface area contributed by atoms with Crippen molar-refractivity contribution in [3.8, 4) is 11.5 Å². The van der Waals surface area contributed by atoms with Gasteiger partial charge in [0.15, 0.2) is 0 Å². The van der Waals surface area contributed by atoms with Crippen molar-refractivity contribution in [1.82, 2.24) is 0 Å². The molecule has 1 aromatic rings. The van der Waals surface area contributed by atoms with Gasteiger partial charge in [0.2, 0.25) is 0 Å². The smallest absolute Gasteiger partial charge is 0.340 e. The molecule has 2 nitrogen and oxygen atoms in total. The molecule has 0 radical (unpaired) electrons. The van der Waals surface area contributed by atoms with Crippen LogP contribution in [0.2, 0.25) is 21.6 Å². The summed E-state index contributed by atoms with van der Waals surface area (Å²) in [6, 6.07) is 5.35. The number of carbonyl (C=O) groups excluding carboxylic acids is 1. The number of rotatable bonds is 4. The van der Waals surface area contributed by atoms with Crippen LogP contribution in [0.3, 0.4) is 0 Å². The van der Waals surface area contributed by atoms with Crippen LogP contribution in [0, 0.1) is 11.5 Å². The quantitative estimate of drug-likeness (QED) is 0.395. The van der Waals surface area contributed by atoms with E-state index in [0.29, 0.717) is 32.8 Å². The molecule has 0 aliphatic rings. The summed E-state index contributed by atoms with van der Waals surface area (Å²) in [5, 5.41) is 0.384. The lowest BCUT2D eigenvalue weighted by atomic mass is 10.1. The molecule has 0 unspecified atom stereocenters. The summed E-state index contributed by atoms with van der Waals surface area (Å²) in [5.74, 6) is 2.84. The highest BCUT2D eigenvalue weighted by Crippen LogP contribution is 2.40. The van der Waals surface area contributed by atoms with Crippen molar-refractivity contribution in [3.63, 3.8) is 0 Å². The third-order valence-corrected chi connectivity index (χ3v) is 11.3. The highest BCUT2D eigenvalue weighted by atomic mass is 35.5. The van der Waals surface area contributed by atoms with Crippen molar-refractivity contribution in [2.75, 3.05) is 7.11 Å². The number of ether oxygens (including phenoxy) is 1. The molecule has 0 fully saturated rings. The number of carbonyl (C=O) groups is 1. The Morgan fingerprint density at radius 2 is 1.61 bits per heavy atom. The third-order valence-electron chi connectivity index (χ3n) is 4.68. The van der Waals surface area contributed by atoms with Gasteiger partial charge in [-0.05, 0) is 28.8 Å². The molecule has 4 heteroatoms. The van der Waals surface area contributed by atoms with Gasteiger partial charge in [0.1, 0.15) is 8.07 Å². The minimum absolute atomic E-state index is 0.364. The molecular weight excluding hydrogens is 324 g/mol. The largest absolute Gasteiger partial charge is 0.465 e. The predicted octanol–water partition coefficient (Wildman–Crippen LogP) is 5.70. The number of halogens is 1. The van der Waals surface area contributed by atoms with Crippen molar-refractivity contribution in [2.45, 2.75) is 58.2 Å². The van der Waals surface area contributed by atoms with Crippen LogP contribution in [0.5, 0.6) is 0 Å². The van der Waals surface area contributed by atoms with E-state index in [1.54, 1.807) is 6.07 Å². The van der Waals surface area contributed by atoms with E-state index >= 15 is 0 Å². The third kappa shape index (κ3) is 3.99. The normalized spacial score (nSPS) is 11.6. The summed E-state index contributed by atoms with van der Waals surface area (Å²) in [5.41, 5.74) is 6.25. The van der Waals surface area contributed by atoms with E-state index in [-0.39, 0.29) is 0 Å². The average Bonchev–Trinajstić information content (AvgIpc) is 2.46. The van der Waals surface area contributed by atoms with Crippen molar-refractivity contribution in [2.24, 2.45) is 0 Å². The van der Waals surface area contributed by atoms with E-state index in [0.717, 1.165) is 0 Å². The second-order valence-electron chi connectivity index (χ2n) is 6.80. The van der Waals surface area contributed by atoms with Crippen molar-refractivity contribution in [3.05, 3.63) is 34.3 Å². The number of hydrogen-bond donors (Lipinski definition) is 0. The Kier molecular flexibility index (Phi) is 6.92. The molecule has 0 bridgehead atoms. The maximum atomic E-state index is 12.0. The van der Waals surface area contributed by atoms with Gasteiger partial charge < -0.3 is 4.74 Å². The van der Waals surface area contributed by atoms with Gasteiger partial charge in [-0.1, -0.05) is 65.1 Å². The Bertz CT molecular complexity index is 602. The maximum absolute atomic E-state index is 12.0. The zero-order chi connectivity index (χ0) is 17.8. The first-order valence-corrected chi connectivity index (χ1v) is 10.7. The van der Waals surface area contributed by atoms with Gasteiger partial charge in [0.05, 0.1) is 17.7 Å². The van der Waals surface area contributed by atoms with Gasteiger partial charge >= 0.3 is 5.97 Å². The standard InChI is InChI=1S/C19H27ClO2Si/c1-13(2)23(14(3)4,15(5)6)12-11-16-9-8-10-17(20)18(16)19(21)22-7/h8-10,13-15H,1-7H3. The molecule has 0 saturated carbocycles. The van der Waals surface area contributed by atoms with Crippen molar-refractivity contribution in [1.29, 1.82) is 0 Å². The van der Waals surface area contributed by atoms with Gasteiger partial charge in [-0.15, -0.1) is 5.54 Å². The van der Waals surface area contributed by atoms with Crippen LogP contribution >= 0.6 is 11.6 Å². The van der Waals surface area contributed by atoms with Gasteiger partial charge in [0.25, 0.3) is 0 Å². The zero-order valence-corrected chi connectivity index (χ0v) is 16.9. The first-order chi connectivity index (χ1) is 10.7.